The Morgan fingerprint density at radius 2 is 2.36 bits per heavy atom. The standard InChI is InChI=1S/C8H14N2S/c1-8(2,9-3)4-7-5-11-6-10-7/h5-6,9H,4H2,1-3H3. The van der Waals surface area contributed by atoms with Crippen LogP contribution in [0.5, 0.6) is 0 Å². The van der Waals surface area contributed by atoms with Crippen LogP contribution < -0.4 is 5.32 Å². The molecule has 0 aromatic carbocycles. The summed E-state index contributed by atoms with van der Waals surface area (Å²) in [5, 5.41) is 5.34. The Kier molecular flexibility index (Phi) is 2.62. The largest absolute Gasteiger partial charge is 0.314 e. The number of nitrogens with zero attached hydrogens (tertiary/aromatic N) is 1. The highest BCUT2D eigenvalue weighted by atomic mass is 32.1. The predicted octanol–water partition coefficient (Wildman–Crippen LogP) is 1.68. The molecule has 1 aromatic rings. The van der Waals surface area contributed by atoms with Gasteiger partial charge in [-0.2, -0.15) is 0 Å². The van der Waals surface area contributed by atoms with Gasteiger partial charge in [0.25, 0.3) is 0 Å². The summed E-state index contributed by atoms with van der Waals surface area (Å²) in [6.45, 7) is 4.35. The van der Waals surface area contributed by atoms with Gasteiger partial charge in [0.15, 0.2) is 0 Å². The van der Waals surface area contributed by atoms with E-state index in [-0.39, 0.29) is 5.54 Å². The molecule has 3 heteroatoms. The van der Waals surface area contributed by atoms with Gasteiger partial charge in [-0.25, -0.2) is 4.98 Å². The summed E-state index contributed by atoms with van der Waals surface area (Å²) in [6, 6.07) is 0. The van der Waals surface area contributed by atoms with E-state index >= 15 is 0 Å². The summed E-state index contributed by atoms with van der Waals surface area (Å²) in [5.41, 5.74) is 3.21. The number of hydrogen-bond donors (Lipinski definition) is 1. The molecule has 1 heterocycles. The summed E-state index contributed by atoms with van der Waals surface area (Å²) in [4.78, 5) is 4.23. The van der Waals surface area contributed by atoms with E-state index in [0.29, 0.717) is 0 Å². The number of nitrogens with one attached hydrogen (secondary N) is 1. The maximum Gasteiger partial charge on any atom is 0.0794 e. The van der Waals surface area contributed by atoms with Crippen molar-refractivity contribution in [3.8, 4) is 0 Å². The Morgan fingerprint density at radius 3 is 2.82 bits per heavy atom. The first-order valence-corrected chi connectivity index (χ1v) is 4.64. The van der Waals surface area contributed by atoms with E-state index in [1.165, 1.54) is 5.69 Å². The zero-order valence-corrected chi connectivity index (χ0v) is 8.03. The Morgan fingerprint density at radius 1 is 1.64 bits per heavy atom. The molecule has 1 N–H and O–H groups in total. The lowest BCUT2D eigenvalue weighted by Gasteiger charge is -2.22. The van der Waals surface area contributed by atoms with Crippen molar-refractivity contribution in [3.05, 3.63) is 16.6 Å². The van der Waals surface area contributed by atoms with Crippen LogP contribution in [0.2, 0.25) is 0 Å². The first-order valence-electron chi connectivity index (χ1n) is 3.70. The van der Waals surface area contributed by atoms with Crippen molar-refractivity contribution in [1.29, 1.82) is 0 Å². The topological polar surface area (TPSA) is 24.9 Å². The fourth-order valence-corrected chi connectivity index (χ4v) is 1.42. The van der Waals surface area contributed by atoms with E-state index < -0.39 is 0 Å². The number of rotatable bonds is 3. The van der Waals surface area contributed by atoms with Crippen LogP contribution in [0.3, 0.4) is 0 Å². The average molecular weight is 170 g/mol. The number of thiazole rings is 1. The van der Waals surface area contributed by atoms with Crippen molar-refractivity contribution >= 4 is 11.3 Å². The van der Waals surface area contributed by atoms with E-state index in [9.17, 15) is 0 Å². The molecule has 11 heavy (non-hydrogen) atoms. The zero-order chi connectivity index (χ0) is 8.32. The summed E-state index contributed by atoms with van der Waals surface area (Å²) >= 11 is 1.65. The fraction of sp³-hybridized carbons (Fsp3) is 0.625. The fourth-order valence-electron chi connectivity index (χ4n) is 0.866. The van der Waals surface area contributed by atoms with Gasteiger partial charge in [0, 0.05) is 17.3 Å². The normalized spacial score (nSPS) is 11.9. The summed E-state index contributed by atoms with van der Waals surface area (Å²) < 4.78 is 0. The van der Waals surface area contributed by atoms with E-state index in [1.807, 2.05) is 12.6 Å². The smallest absolute Gasteiger partial charge is 0.0794 e. The predicted molar refractivity (Wildman–Crippen MR) is 49.0 cm³/mol. The second-order valence-electron chi connectivity index (χ2n) is 3.29. The van der Waals surface area contributed by atoms with Crippen LogP contribution in [0, 0.1) is 0 Å². The van der Waals surface area contributed by atoms with Crippen LogP contribution in [-0.2, 0) is 6.42 Å². The van der Waals surface area contributed by atoms with E-state index in [4.69, 9.17) is 0 Å². The number of likely N-dealkylation sites (N-methyl/N-ethyl adjacent to an activating group) is 1. The molecule has 0 aliphatic rings. The van der Waals surface area contributed by atoms with Crippen LogP contribution in [0.25, 0.3) is 0 Å². The molecule has 2 nitrogen and oxygen atoms in total. The van der Waals surface area contributed by atoms with Gasteiger partial charge in [-0.3, -0.25) is 0 Å². The Balaban J connectivity index is 2.56. The maximum absolute atomic E-state index is 4.23. The summed E-state index contributed by atoms with van der Waals surface area (Å²) in [6.07, 6.45) is 0.993. The Labute approximate surface area is 71.7 Å². The molecule has 0 aliphatic heterocycles. The van der Waals surface area contributed by atoms with Gasteiger partial charge in [0.2, 0.25) is 0 Å². The second kappa shape index (κ2) is 3.32. The van der Waals surface area contributed by atoms with Gasteiger partial charge in [0.1, 0.15) is 0 Å². The Hall–Kier alpha value is -0.410. The van der Waals surface area contributed by atoms with Crippen molar-refractivity contribution in [3.63, 3.8) is 0 Å². The lowest BCUT2D eigenvalue weighted by atomic mass is 10.00. The summed E-state index contributed by atoms with van der Waals surface area (Å²) in [7, 11) is 1.98. The molecule has 0 radical (unpaired) electrons. The quantitative estimate of drug-likeness (QED) is 0.746. The molecule has 0 saturated heterocycles. The highest BCUT2D eigenvalue weighted by Crippen LogP contribution is 2.11. The third-order valence-corrected chi connectivity index (χ3v) is 2.42. The molecule has 1 rings (SSSR count). The number of aromatic nitrogens is 1. The minimum absolute atomic E-state index is 0.161. The van der Waals surface area contributed by atoms with Crippen LogP contribution in [0.1, 0.15) is 19.5 Å². The van der Waals surface area contributed by atoms with Gasteiger partial charge >= 0.3 is 0 Å². The van der Waals surface area contributed by atoms with Crippen LogP contribution in [0.4, 0.5) is 0 Å². The van der Waals surface area contributed by atoms with Crippen LogP contribution in [0.15, 0.2) is 10.9 Å². The monoisotopic (exact) mass is 170 g/mol. The molecule has 0 amide bonds. The lowest BCUT2D eigenvalue weighted by molar-refractivity contribution is 0.418. The van der Waals surface area contributed by atoms with E-state index in [1.54, 1.807) is 11.3 Å². The van der Waals surface area contributed by atoms with Gasteiger partial charge in [-0.05, 0) is 20.9 Å². The molecule has 0 aliphatic carbocycles. The zero-order valence-electron chi connectivity index (χ0n) is 7.22. The first kappa shape index (κ1) is 8.68. The molecular formula is C8H14N2S. The van der Waals surface area contributed by atoms with Crippen molar-refractivity contribution < 1.29 is 0 Å². The minimum Gasteiger partial charge on any atom is -0.314 e. The first-order chi connectivity index (χ1) is 5.14. The lowest BCUT2D eigenvalue weighted by Crippen LogP contribution is -2.38. The summed E-state index contributed by atoms with van der Waals surface area (Å²) in [5.74, 6) is 0. The highest BCUT2D eigenvalue weighted by Gasteiger charge is 2.15. The highest BCUT2D eigenvalue weighted by molar-refractivity contribution is 7.07. The number of hydrogen-bond acceptors (Lipinski definition) is 3. The van der Waals surface area contributed by atoms with Crippen molar-refractivity contribution in [2.24, 2.45) is 0 Å². The van der Waals surface area contributed by atoms with E-state index in [0.717, 1.165) is 6.42 Å². The van der Waals surface area contributed by atoms with Crippen molar-refractivity contribution in [2.75, 3.05) is 7.05 Å². The molecule has 0 fully saturated rings. The van der Waals surface area contributed by atoms with E-state index in [2.05, 4.69) is 29.5 Å². The SMILES string of the molecule is CNC(C)(C)Cc1cscn1. The van der Waals surface area contributed by atoms with Crippen LogP contribution >= 0.6 is 11.3 Å². The molecule has 0 spiro atoms. The minimum atomic E-state index is 0.161. The molecular weight excluding hydrogens is 156 g/mol. The van der Waals surface area contributed by atoms with Gasteiger partial charge in [-0.1, -0.05) is 0 Å². The average Bonchev–Trinajstić information content (AvgIpc) is 2.39. The van der Waals surface area contributed by atoms with Crippen molar-refractivity contribution in [1.82, 2.24) is 10.3 Å². The maximum atomic E-state index is 4.23. The van der Waals surface area contributed by atoms with Gasteiger partial charge < -0.3 is 5.32 Å². The molecule has 1 aromatic heterocycles. The third-order valence-electron chi connectivity index (χ3n) is 1.78. The van der Waals surface area contributed by atoms with Gasteiger partial charge in [0.05, 0.1) is 11.2 Å². The van der Waals surface area contributed by atoms with Crippen LogP contribution in [-0.4, -0.2) is 17.6 Å². The molecule has 62 valence electrons. The molecule has 0 bridgehead atoms. The molecule has 0 saturated carbocycles. The van der Waals surface area contributed by atoms with Gasteiger partial charge in [-0.15, -0.1) is 11.3 Å². The van der Waals surface area contributed by atoms with Crippen molar-refractivity contribution in [2.45, 2.75) is 25.8 Å². The second-order valence-corrected chi connectivity index (χ2v) is 4.01. The molecule has 0 atom stereocenters. The molecule has 0 unspecified atom stereocenters. The third kappa shape index (κ3) is 2.60. The Bertz CT molecular complexity index is 204.